The molecule has 3 rings (SSSR count). The number of benzene rings is 2. The Hall–Kier alpha value is -2.53. The monoisotopic (exact) mass is 344 g/mol. The van der Waals surface area contributed by atoms with Crippen LogP contribution in [0.25, 0.3) is 17.0 Å². The average molecular weight is 344 g/mol. The van der Waals surface area contributed by atoms with Crippen LogP contribution in [0.15, 0.2) is 60.7 Å². The minimum absolute atomic E-state index is 0.624. The third-order valence-corrected chi connectivity index (χ3v) is 3.99. The molecule has 25 heavy (non-hydrogen) atoms. The molecule has 0 aliphatic carbocycles. The third-order valence-electron chi connectivity index (χ3n) is 3.99. The molecule has 0 aliphatic rings. The van der Waals surface area contributed by atoms with E-state index < -0.39 is 11.7 Å². The van der Waals surface area contributed by atoms with Crippen molar-refractivity contribution in [3.63, 3.8) is 0 Å². The van der Waals surface area contributed by atoms with Crippen molar-refractivity contribution in [2.75, 3.05) is 13.6 Å². The quantitative estimate of drug-likeness (QED) is 0.663. The molecule has 0 fully saturated rings. The lowest BCUT2D eigenvalue weighted by Crippen LogP contribution is -2.17. The molecular formula is C20H19F3N2. The SMILES string of the molecule is CN(CC=Cc1ccc(C(F)(F)F)cc1)Cc1cc2ccccc2[nH]1. The molecule has 0 amide bonds. The Morgan fingerprint density at radius 2 is 1.76 bits per heavy atom. The van der Waals surface area contributed by atoms with Crippen molar-refractivity contribution < 1.29 is 13.2 Å². The zero-order valence-corrected chi connectivity index (χ0v) is 13.8. The Kier molecular flexibility index (Phi) is 4.95. The Morgan fingerprint density at radius 1 is 1.04 bits per heavy atom. The first-order valence-electron chi connectivity index (χ1n) is 8.01. The molecule has 1 N–H and O–H groups in total. The van der Waals surface area contributed by atoms with Gasteiger partial charge in [-0.3, -0.25) is 4.90 Å². The van der Waals surface area contributed by atoms with E-state index in [1.165, 1.54) is 17.5 Å². The molecule has 2 nitrogen and oxygen atoms in total. The van der Waals surface area contributed by atoms with Gasteiger partial charge in [-0.1, -0.05) is 42.5 Å². The van der Waals surface area contributed by atoms with Gasteiger partial charge in [-0.2, -0.15) is 13.2 Å². The van der Waals surface area contributed by atoms with Crippen LogP contribution < -0.4 is 0 Å². The van der Waals surface area contributed by atoms with Gasteiger partial charge in [-0.05, 0) is 42.3 Å². The largest absolute Gasteiger partial charge is 0.416 e. The van der Waals surface area contributed by atoms with Gasteiger partial charge in [-0.15, -0.1) is 0 Å². The van der Waals surface area contributed by atoms with Gasteiger partial charge >= 0.3 is 6.18 Å². The highest BCUT2D eigenvalue weighted by molar-refractivity contribution is 5.80. The molecule has 0 bridgehead atoms. The standard InChI is InChI=1S/C20H19F3N2/c1-25(14-18-13-16-6-2-3-7-19(16)24-18)12-4-5-15-8-10-17(11-9-15)20(21,22)23/h2-11,13,24H,12,14H2,1H3. The second-order valence-electron chi connectivity index (χ2n) is 6.10. The summed E-state index contributed by atoms with van der Waals surface area (Å²) in [5.41, 5.74) is 2.38. The van der Waals surface area contributed by atoms with E-state index in [9.17, 15) is 13.2 Å². The first-order chi connectivity index (χ1) is 11.9. The van der Waals surface area contributed by atoms with Gasteiger partial charge in [0.15, 0.2) is 0 Å². The molecule has 0 radical (unpaired) electrons. The number of aromatic nitrogens is 1. The number of alkyl halides is 3. The Bertz CT molecular complexity index is 828. The molecule has 0 saturated heterocycles. The number of rotatable bonds is 5. The van der Waals surface area contributed by atoms with Crippen molar-refractivity contribution in [1.29, 1.82) is 0 Å². The predicted molar refractivity (Wildman–Crippen MR) is 95.1 cm³/mol. The van der Waals surface area contributed by atoms with Gasteiger partial charge in [-0.25, -0.2) is 0 Å². The lowest BCUT2D eigenvalue weighted by Gasteiger charge is -2.12. The molecule has 2 aromatic carbocycles. The Labute approximate surface area is 144 Å². The summed E-state index contributed by atoms with van der Waals surface area (Å²) >= 11 is 0. The van der Waals surface area contributed by atoms with Crippen LogP contribution in [0.2, 0.25) is 0 Å². The summed E-state index contributed by atoms with van der Waals surface area (Å²) in [7, 11) is 2.00. The summed E-state index contributed by atoms with van der Waals surface area (Å²) < 4.78 is 37.6. The zero-order valence-electron chi connectivity index (χ0n) is 13.8. The van der Waals surface area contributed by atoms with Gasteiger partial charge in [0, 0.05) is 24.3 Å². The molecule has 0 aliphatic heterocycles. The minimum Gasteiger partial charge on any atom is -0.357 e. The van der Waals surface area contributed by atoms with E-state index >= 15 is 0 Å². The fourth-order valence-corrected chi connectivity index (χ4v) is 2.73. The van der Waals surface area contributed by atoms with Gasteiger partial charge in [0.25, 0.3) is 0 Å². The van der Waals surface area contributed by atoms with Gasteiger partial charge < -0.3 is 4.98 Å². The normalized spacial score (nSPS) is 12.5. The van der Waals surface area contributed by atoms with Crippen molar-refractivity contribution in [3.05, 3.63) is 77.5 Å². The molecule has 0 atom stereocenters. The van der Waals surface area contributed by atoms with E-state index in [-0.39, 0.29) is 0 Å². The lowest BCUT2D eigenvalue weighted by atomic mass is 10.1. The summed E-state index contributed by atoms with van der Waals surface area (Å²) in [4.78, 5) is 5.51. The summed E-state index contributed by atoms with van der Waals surface area (Å²) in [5, 5.41) is 1.19. The Balaban J connectivity index is 1.56. The summed E-state index contributed by atoms with van der Waals surface area (Å²) in [6, 6.07) is 15.4. The summed E-state index contributed by atoms with van der Waals surface area (Å²) in [5.74, 6) is 0. The van der Waals surface area contributed by atoms with Crippen LogP contribution in [0.3, 0.4) is 0 Å². The van der Waals surface area contributed by atoms with Crippen LogP contribution in [0.4, 0.5) is 13.2 Å². The topological polar surface area (TPSA) is 19.0 Å². The van der Waals surface area contributed by atoms with E-state index in [1.54, 1.807) is 0 Å². The third kappa shape index (κ3) is 4.51. The van der Waals surface area contributed by atoms with E-state index in [1.807, 2.05) is 37.4 Å². The van der Waals surface area contributed by atoms with Crippen LogP contribution in [0.5, 0.6) is 0 Å². The average Bonchev–Trinajstić information content (AvgIpc) is 2.96. The number of fused-ring (bicyclic) bond motifs is 1. The molecule has 3 aromatic rings. The number of likely N-dealkylation sites (N-methyl/N-ethyl adjacent to an activating group) is 1. The van der Waals surface area contributed by atoms with Crippen LogP contribution in [0, 0.1) is 0 Å². The van der Waals surface area contributed by atoms with Crippen LogP contribution in [-0.2, 0) is 12.7 Å². The number of aromatic amines is 1. The Morgan fingerprint density at radius 3 is 2.44 bits per heavy atom. The van der Waals surface area contributed by atoms with Gasteiger partial charge in [0.2, 0.25) is 0 Å². The maximum absolute atomic E-state index is 12.5. The second-order valence-corrected chi connectivity index (χ2v) is 6.10. The van der Waals surface area contributed by atoms with Crippen molar-refractivity contribution in [3.8, 4) is 0 Å². The maximum Gasteiger partial charge on any atom is 0.416 e. The fraction of sp³-hybridized carbons (Fsp3) is 0.200. The number of para-hydroxylation sites is 1. The first kappa shape index (κ1) is 17.3. The van der Waals surface area contributed by atoms with Crippen LogP contribution in [-0.4, -0.2) is 23.5 Å². The minimum atomic E-state index is -4.29. The molecule has 130 valence electrons. The molecule has 0 saturated carbocycles. The molecule has 1 heterocycles. The van der Waals surface area contributed by atoms with Crippen molar-refractivity contribution in [1.82, 2.24) is 9.88 Å². The number of nitrogens with one attached hydrogen (secondary N) is 1. The highest BCUT2D eigenvalue weighted by atomic mass is 19.4. The number of H-pyrrole nitrogens is 1. The number of halogens is 3. The number of hydrogen-bond donors (Lipinski definition) is 1. The zero-order chi connectivity index (χ0) is 17.9. The summed E-state index contributed by atoms with van der Waals surface area (Å²) in [6.45, 7) is 1.47. The smallest absolute Gasteiger partial charge is 0.357 e. The first-order valence-corrected chi connectivity index (χ1v) is 8.01. The highest BCUT2D eigenvalue weighted by Crippen LogP contribution is 2.29. The molecule has 5 heteroatoms. The van der Waals surface area contributed by atoms with Gasteiger partial charge in [0.1, 0.15) is 0 Å². The lowest BCUT2D eigenvalue weighted by molar-refractivity contribution is -0.137. The fourth-order valence-electron chi connectivity index (χ4n) is 2.73. The van der Waals surface area contributed by atoms with Gasteiger partial charge in [0.05, 0.1) is 5.56 Å². The van der Waals surface area contributed by atoms with E-state index in [0.717, 1.165) is 35.5 Å². The van der Waals surface area contributed by atoms with Crippen LogP contribution in [0.1, 0.15) is 16.8 Å². The number of nitrogens with zero attached hydrogens (tertiary/aromatic N) is 1. The van der Waals surface area contributed by atoms with Crippen molar-refractivity contribution in [2.24, 2.45) is 0 Å². The van der Waals surface area contributed by atoms with E-state index in [4.69, 9.17) is 0 Å². The second kappa shape index (κ2) is 7.15. The molecule has 0 unspecified atom stereocenters. The van der Waals surface area contributed by atoms with Crippen molar-refractivity contribution >= 4 is 17.0 Å². The highest BCUT2D eigenvalue weighted by Gasteiger charge is 2.29. The molecule has 0 spiro atoms. The predicted octanol–water partition coefficient (Wildman–Crippen LogP) is 5.33. The van der Waals surface area contributed by atoms with E-state index in [0.29, 0.717) is 6.54 Å². The van der Waals surface area contributed by atoms with E-state index in [2.05, 4.69) is 22.0 Å². The summed E-state index contributed by atoms with van der Waals surface area (Å²) in [6.07, 6.45) is -0.505. The maximum atomic E-state index is 12.5. The number of hydrogen-bond acceptors (Lipinski definition) is 1. The molecular weight excluding hydrogens is 325 g/mol. The van der Waals surface area contributed by atoms with Crippen molar-refractivity contribution in [2.45, 2.75) is 12.7 Å². The molecule has 1 aromatic heterocycles. The van der Waals surface area contributed by atoms with Crippen LogP contribution >= 0.6 is 0 Å².